The lowest BCUT2D eigenvalue weighted by Gasteiger charge is -1.99. The van der Waals surface area contributed by atoms with E-state index in [0.717, 1.165) is 5.69 Å². The van der Waals surface area contributed by atoms with Gasteiger partial charge in [-0.2, -0.15) is 0 Å². The Morgan fingerprint density at radius 1 is 0.850 bits per heavy atom. The molecule has 0 spiro atoms. The van der Waals surface area contributed by atoms with E-state index in [1.807, 2.05) is 41.2 Å². The van der Waals surface area contributed by atoms with E-state index in [-0.39, 0.29) is 11.8 Å². The summed E-state index contributed by atoms with van der Waals surface area (Å²) in [6.45, 7) is 0. The van der Waals surface area contributed by atoms with Crippen molar-refractivity contribution in [3.8, 4) is 0 Å². The molecule has 0 unspecified atom stereocenters. The van der Waals surface area contributed by atoms with Crippen LogP contribution in [0.4, 0.5) is 5.69 Å². The van der Waals surface area contributed by atoms with Gasteiger partial charge in [0, 0.05) is 18.5 Å². The highest BCUT2D eigenvalue weighted by atomic mass is 16.2. The molecule has 20 heavy (non-hydrogen) atoms. The first kappa shape index (κ1) is 17.8. The van der Waals surface area contributed by atoms with E-state index in [2.05, 4.69) is 5.43 Å². The van der Waals surface area contributed by atoms with Gasteiger partial charge < -0.3 is 5.43 Å². The minimum absolute atomic E-state index is 0.219. The fourth-order valence-electron chi connectivity index (χ4n) is 1.25. The van der Waals surface area contributed by atoms with E-state index >= 15 is 0 Å². The van der Waals surface area contributed by atoms with Gasteiger partial charge >= 0.3 is 0 Å². The zero-order chi connectivity index (χ0) is 15.2. The molecule has 0 atom stereocenters. The minimum atomic E-state index is -0.219. The number of rotatable bonds is 6. The van der Waals surface area contributed by atoms with Crippen molar-refractivity contribution in [3.05, 3.63) is 30.3 Å². The van der Waals surface area contributed by atoms with E-state index in [4.69, 9.17) is 17.5 Å². The van der Waals surface area contributed by atoms with Crippen LogP contribution in [0.5, 0.6) is 0 Å². The molecule has 1 rings (SSSR count). The highest BCUT2D eigenvalue weighted by Crippen LogP contribution is 2.00. The van der Waals surface area contributed by atoms with E-state index in [1.54, 1.807) is 0 Å². The Bertz CT molecular complexity index is 367. The molecule has 0 aliphatic heterocycles. The van der Waals surface area contributed by atoms with Crippen molar-refractivity contribution in [2.75, 3.05) is 5.43 Å². The molecule has 0 heterocycles. The summed E-state index contributed by atoms with van der Waals surface area (Å²) in [7, 11) is 0. The molecule has 0 aromatic heterocycles. The number of amides is 2. The Balaban J connectivity index is 0.000000388. The van der Waals surface area contributed by atoms with Crippen LogP contribution in [-0.2, 0) is 9.59 Å². The standard InChI is InChI=1S/C6H14N4O2.C6H8N2/c7-9-5(11)3-1-2-4-6(12)10-8;7-8-6-4-2-1-3-5-6/h1-4,7-8H2,(H,9,11)(H,10,12);1-5,8H,7H2. The quantitative estimate of drug-likeness (QED) is 0.179. The van der Waals surface area contributed by atoms with E-state index in [9.17, 15) is 9.59 Å². The van der Waals surface area contributed by atoms with Crippen LogP contribution in [0.25, 0.3) is 0 Å². The van der Waals surface area contributed by atoms with Crippen molar-refractivity contribution in [1.29, 1.82) is 0 Å². The molecule has 8 heteroatoms. The lowest BCUT2D eigenvalue weighted by molar-refractivity contribution is -0.123. The van der Waals surface area contributed by atoms with Gasteiger partial charge in [0.15, 0.2) is 0 Å². The number of benzene rings is 1. The normalized spacial score (nSPS) is 8.95. The summed E-state index contributed by atoms with van der Waals surface area (Å²) in [6.07, 6.45) is 1.95. The van der Waals surface area contributed by atoms with E-state index in [1.165, 1.54) is 0 Å². The Labute approximate surface area is 118 Å². The summed E-state index contributed by atoms with van der Waals surface area (Å²) >= 11 is 0. The van der Waals surface area contributed by atoms with Crippen LogP contribution in [0.2, 0.25) is 0 Å². The largest absolute Gasteiger partial charge is 0.324 e. The molecule has 0 fully saturated rings. The first-order chi connectivity index (χ1) is 9.63. The number of unbranched alkanes of at least 4 members (excludes halogenated alkanes) is 1. The monoisotopic (exact) mass is 282 g/mol. The van der Waals surface area contributed by atoms with Crippen LogP contribution in [0.15, 0.2) is 30.3 Å². The average molecular weight is 282 g/mol. The molecule has 0 bridgehead atoms. The van der Waals surface area contributed by atoms with Crippen LogP contribution in [0.1, 0.15) is 25.7 Å². The van der Waals surface area contributed by atoms with Gasteiger partial charge in [-0.1, -0.05) is 18.2 Å². The number of carbonyl (C=O) groups excluding carboxylic acids is 2. The fraction of sp³-hybridized carbons (Fsp3) is 0.333. The summed E-state index contributed by atoms with van der Waals surface area (Å²) in [4.78, 5) is 21.1. The Hall–Kier alpha value is -2.16. The summed E-state index contributed by atoms with van der Waals surface area (Å²) < 4.78 is 0. The van der Waals surface area contributed by atoms with Gasteiger partial charge in [-0.25, -0.2) is 11.7 Å². The molecule has 0 saturated carbocycles. The zero-order valence-corrected chi connectivity index (χ0v) is 11.3. The molecule has 0 aliphatic carbocycles. The topological polar surface area (TPSA) is 148 Å². The number of hydrazine groups is 3. The average Bonchev–Trinajstić information content (AvgIpc) is 2.52. The SMILES string of the molecule is NNC(=O)CCCCC(=O)NN.NNc1ccccc1. The highest BCUT2D eigenvalue weighted by molar-refractivity contribution is 5.76. The van der Waals surface area contributed by atoms with Crippen molar-refractivity contribution >= 4 is 17.5 Å². The van der Waals surface area contributed by atoms with Crippen LogP contribution in [-0.4, -0.2) is 11.8 Å². The van der Waals surface area contributed by atoms with Crippen LogP contribution in [0, 0.1) is 0 Å². The van der Waals surface area contributed by atoms with Gasteiger partial charge in [0.2, 0.25) is 11.8 Å². The van der Waals surface area contributed by atoms with Crippen molar-refractivity contribution in [3.63, 3.8) is 0 Å². The second-order valence-corrected chi connectivity index (χ2v) is 3.85. The number of hydrogen-bond donors (Lipinski definition) is 6. The van der Waals surface area contributed by atoms with Crippen molar-refractivity contribution in [2.24, 2.45) is 17.5 Å². The molecule has 1 aromatic carbocycles. The third kappa shape index (κ3) is 9.83. The summed E-state index contributed by atoms with van der Waals surface area (Å²) in [6, 6.07) is 9.60. The Morgan fingerprint density at radius 2 is 1.30 bits per heavy atom. The number of hydrogen-bond acceptors (Lipinski definition) is 6. The van der Waals surface area contributed by atoms with E-state index in [0.29, 0.717) is 25.7 Å². The zero-order valence-electron chi connectivity index (χ0n) is 11.3. The van der Waals surface area contributed by atoms with Gasteiger partial charge in [0.25, 0.3) is 0 Å². The van der Waals surface area contributed by atoms with E-state index < -0.39 is 0 Å². The number of anilines is 1. The molecule has 9 N–H and O–H groups in total. The lowest BCUT2D eigenvalue weighted by Crippen LogP contribution is -2.30. The summed E-state index contributed by atoms with van der Waals surface area (Å²) in [5, 5.41) is 0. The molecule has 0 radical (unpaired) electrons. The second kappa shape index (κ2) is 11.9. The molecule has 112 valence electrons. The van der Waals surface area contributed by atoms with Gasteiger partial charge in [-0.05, 0) is 25.0 Å². The third-order valence-electron chi connectivity index (χ3n) is 2.32. The Morgan fingerprint density at radius 3 is 1.60 bits per heavy atom. The fourth-order valence-corrected chi connectivity index (χ4v) is 1.25. The molecule has 1 aromatic rings. The van der Waals surface area contributed by atoms with Crippen molar-refractivity contribution in [1.82, 2.24) is 10.9 Å². The molecule has 0 saturated heterocycles. The maximum Gasteiger partial charge on any atom is 0.233 e. The van der Waals surface area contributed by atoms with Crippen LogP contribution in [0.3, 0.4) is 0 Å². The number of nitrogen functional groups attached to an aromatic ring is 1. The first-order valence-electron chi connectivity index (χ1n) is 6.14. The molecular formula is C12H22N6O2. The predicted octanol–water partition coefficient (Wildman–Crippen LogP) is -0.501. The smallest absolute Gasteiger partial charge is 0.233 e. The minimum Gasteiger partial charge on any atom is -0.324 e. The van der Waals surface area contributed by atoms with Crippen LogP contribution < -0.4 is 33.8 Å². The molecular weight excluding hydrogens is 260 g/mol. The number of nitrogens with one attached hydrogen (secondary N) is 3. The van der Waals surface area contributed by atoms with Gasteiger partial charge in [-0.15, -0.1) is 0 Å². The van der Waals surface area contributed by atoms with Crippen molar-refractivity contribution in [2.45, 2.75) is 25.7 Å². The number of carbonyl (C=O) groups is 2. The Kier molecular flexibility index (Phi) is 10.6. The lowest BCUT2D eigenvalue weighted by atomic mass is 10.2. The maximum absolute atomic E-state index is 10.6. The summed E-state index contributed by atoms with van der Waals surface area (Å²) in [5.74, 6) is 14.3. The third-order valence-corrected chi connectivity index (χ3v) is 2.32. The van der Waals surface area contributed by atoms with Crippen molar-refractivity contribution < 1.29 is 9.59 Å². The molecule has 8 nitrogen and oxygen atoms in total. The number of nitrogens with two attached hydrogens (primary N) is 3. The van der Waals surface area contributed by atoms with Gasteiger partial charge in [0.05, 0.1) is 0 Å². The highest BCUT2D eigenvalue weighted by Gasteiger charge is 2.00. The molecule has 0 aliphatic rings. The maximum atomic E-state index is 10.6. The second-order valence-electron chi connectivity index (χ2n) is 3.85. The van der Waals surface area contributed by atoms with Gasteiger partial charge in [-0.3, -0.25) is 26.3 Å². The molecule has 2 amide bonds. The first-order valence-corrected chi connectivity index (χ1v) is 6.14. The van der Waals surface area contributed by atoms with Crippen LogP contribution >= 0.6 is 0 Å². The summed E-state index contributed by atoms with van der Waals surface area (Å²) in [5.41, 5.74) is 7.47. The number of para-hydroxylation sites is 1. The van der Waals surface area contributed by atoms with Gasteiger partial charge in [0.1, 0.15) is 0 Å². The predicted molar refractivity (Wildman–Crippen MR) is 77.4 cm³/mol.